The van der Waals surface area contributed by atoms with Crippen LogP contribution in [0.1, 0.15) is 16.1 Å². The van der Waals surface area contributed by atoms with Crippen LogP contribution in [-0.2, 0) is 6.54 Å². The first-order chi connectivity index (χ1) is 12.9. The van der Waals surface area contributed by atoms with Crippen LogP contribution in [0.4, 0.5) is 29.1 Å². The predicted molar refractivity (Wildman–Crippen MR) is 89.2 cm³/mol. The smallest absolute Gasteiger partial charge is 0.270 e. The minimum Gasteiger partial charge on any atom is -0.347 e. The van der Waals surface area contributed by atoms with Crippen molar-refractivity contribution in [3.63, 3.8) is 0 Å². The van der Waals surface area contributed by atoms with E-state index in [2.05, 4.69) is 20.6 Å². The molecule has 0 aliphatic heterocycles. The first-order valence-corrected chi connectivity index (χ1v) is 7.69. The molecule has 2 N–H and O–H groups in total. The van der Waals surface area contributed by atoms with Gasteiger partial charge in [-0.1, -0.05) is 12.1 Å². The van der Waals surface area contributed by atoms with Gasteiger partial charge in [-0.15, -0.1) is 0 Å². The van der Waals surface area contributed by atoms with Crippen LogP contribution < -0.4 is 10.6 Å². The topological polar surface area (TPSA) is 66.9 Å². The Balaban J connectivity index is 1.70. The van der Waals surface area contributed by atoms with Gasteiger partial charge in [0.1, 0.15) is 23.7 Å². The van der Waals surface area contributed by atoms with Gasteiger partial charge in [0, 0.05) is 12.6 Å². The van der Waals surface area contributed by atoms with E-state index >= 15 is 0 Å². The third-order valence-corrected chi connectivity index (χ3v) is 3.56. The van der Waals surface area contributed by atoms with Crippen molar-refractivity contribution in [1.82, 2.24) is 15.3 Å². The number of anilines is 2. The zero-order chi connectivity index (χ0) is 19.4. The molecule has 0 aliphatic carbocycles. The Hall–Kier alpha value is -3.49. The number of carbonyl (C=O) groups is 1. The quantitative estimate of drug-likeness (QED) is 0.526. The standard InChI is InChI=1S/C18H12F4N4O/c19-11-3-1-10(2-4-11)8-23-18(27)14-7-15(25-9-24-14)26-13-6-5-12(20)16(21)17(13)22/h1-7,9H,8H2,(H,23,27)(H,24,25,26). The summed E-state index contributed by atoms with van der Waals surface area (Å²) >= 11 is 0. The first-order valence-electron chi connectivity index (χ1n) is 7.69. The fourth-order valence-electron chi connectivity index (χ4n) is 2.19. The van der Waals surface area contributed by atoms with E-state index in [4.69, 9.17) is 0 Å². The molecule has 1 heterocycles. The first kappa shape index (κ1) is 18.3. The molecule has 138 valence electrons. The van der Waals surface area contributed by atoms with Gasteiger partial charge in [-0.2, -0.15) is 0 Å². The second-order valence-corrected chi connectivity index (χ2v) is 5.45. The van der Waals surface area contributed by atoms with Gasteiger partial charge < -0.3 is 10.6 Å². The third kappa shape index (κ3) is 4.38. The van der Waals surface area contributed by atoms with Crippen LogP contribution in [0.3, 0.4) is 0 Å². The van der Waals surface area contributed by atoms with E-state index < -0.39 is 23.4 Å². The van der Waals surface area contributed by atoms with E-state index in [1.165, 1.54) is 30.3 Å². The molecule has 0 bridgehead atoms. The lowest BCUT2D eigenvalue weighted by Crippen LogP contribution is -2.24. The van der Waals surface area contributed by atoms with E-state index in [0.29, 0.717) is 5.56 Å². The fourth-order valence-corrected chi connectivity index (χ4v) is 2.19. The van der Waals surface area contributed by atoms with Crippen LogP contribution in [-0.4, -0.2) is 15.9 Å². The van der Waals surface area contributed by atoms with Gasteiger partial charge >= 0.3 is 0 Å². The number of amides is 1. The van der Waals surface area contributed by atoms with Gasteiger partial charge in [0.05, 0.1) is 5.69 Å². The number of rotatable bonds is 5. The molecule has 27 heavy (non-hydrogen) atoms. The fraction of sp³-hybridized carbons (Fsp3) is 0.0556. The van der Waals surface area contributed by atoms with E-state index in [9.17, 15) is 22.4 Å². The lowest BCUT2D eigenvalue weighted by Gasteiger charge is -2.09. The molecule has 3 rings (SSSR count). The number of nitrogens with one attached hydrogen (secondary N) is 2. The molecule has 1 aromatic heterocycles. The Morgan fingerprint density at radius 2 is 1.67 bits per heavy atom. The van der Waals surface area contributed by atoms with Crippen LogP contribution in [0.2, 0.25) is 0 Å². The second-order valence-electron chi connectivity index (χ2n) is 5.45. The molecule has 5 nitrogen and oxygen atoms in total. The van der Waals surface area contributed by atoms with Crippen molar-refractivity contribution in [2.24, 2.45) is 0 Å². The maximum atomic E-state index is 13.7. The lowest BCUT2D eigenvalue weighted by molar-refractivity contribution is 0.0946. The summed E-state index contributed by atoms with van der Waals surface area (Å²) in [6.07, 6.45) is 1.06. The van der Waals surface area contributed by atoms with Crippen molar-refractivity contribution in [2.45, 2.75) is 6.54 Å². The van der Waals surface area contributed by atoms with Crippen LogP contribution in [0, 0.1) is 23.3 Å². The third-order valence-electron chi connectivity index (χ3n) is 3.56. The Morgan fingerprint density at radius 3 is 2.41 bits per heavy atom. The van der Waals surface area contributed by atoms with Gasteiger partial charge in [0.2, 0.25) is 0 Å². The van der Waals surface area contributed by atoms with Crippen molar-refractivity contribution in [3.8, 4) is 0 Å². The number of hydrogen-bond donors (Lipinski definition) is 2. The summed E-state index contributed by atoms with van der Waals surface area (Å²) in [4.78, 5) is 19.8. The van der Waals surface area contributed by atoms with Gasteiger partial charge in [-0.25, -0.2) is 27.5 Å². The zero-order valence-corrected chi connectivity index (χ0v) is 13.6. The van der Waals surface area contributed by atoms with Crippen LogP contribution in [0.15, 0.2) is 48.8 Å². The summed E-state index contributed by atoms with van der Waals surface area (Å²) in [5.74, 6) is -5.26. The summed E-state index contributed by atoms with van der Waals surface area (Å²) < 4.78 is 52.8. The number of hydrogen-bond acceptors (Lipinski definition) is 4. The van der Waals surface area contributed by atoms with Crippen molar-refractivity contribution < 1.29 is 22.4 Å². The molecule has 0 atom stereocenters. The Bertz CT molecular complexity index is 980. The minimum absolute atomic E-state index is 0.0156. The summed E-state index contributed by atoms with van der Waals surface area (Å²) in [5, 5.41) is 5.05. The predicted octanol–water partition coefficient (Wildman–Crippen LogP) is 3.71. The highest BCUT2D eigenvalue weighted by Gasteiger charge is 2.15. The van der Waals surface area contributed by atoms with Gasteiger partial charge in [-0.3, -0.25) is 4.79 Å². The minimum atomic E-state index is -1.62. The van der Waals surface area contributed by atoms with Crippen LogP contribution >= 0.6 is 0 Å². The summed E-state index contributed by atoms with van der Waals surface area (Å²) in [7, 11) is 0. The molecule has 0 spiro atoms. The van der Waals surface area contributed by atoms with Gasteiger partial charge in [0.15, 0.2) is 17.5 Å². The number of nitrogens with zero attached hydrogens (tertiary/aromatic N) is 2. The summed E-state index contributed by atoms with van der Waals surface area (Å²) in [5.41, 5.74) is 0.309. The molecule has 0 fully saturated rings. The number of benzene rings is 2. The van der Waals surface area contributed by atoms with Gasteiger partial charge in [-0.05, 0) is 29.8 Å². The average Bonchev–Trinajstić information content (AvgIpc) is 2.68. The monoisotopic (exact) mass is 376 g/mol. The molecule has 0 aliphatic rings. The van der Waals surface area contributed by atoms with Crippen LogP contribution in [0.25, 0.3) is 0 Å². The van der Waals surface area contributed by atoms with Crippen molar-refractivity contribution in [3.05, 3.63) is 83.3 Å². The molecular formula is C18H12F4N4O. The van der Waals surface area contributed by atoms with Gasteiger partial charge in [0.25, 0.3) is 5.91 Å². The summed E-state index contributed by atoms with van der Waals surface area (Å²) in [6, 6.07) is 8.57. The maximum Gasteiger partial charge on any atom is 0.270 e. The van der Waals surface area contributed by atoms with E-state index in [1.54, 1.807) is 0 Å². The molecular weight excluding hydrogens is 364 g/mol. The SMILES string of the molecule is O=C(NCc1ccc(F)cc1)c1cc(Nc2ccc(F)c(F)c2F)ncn1. The largest absolute Gasteiger partial charge is 0.347 e. The number of carbonyl (C=O) groups excluding carboxylic acids is 1. The van der Waals surface area contributed by atoms with Crippen molar-refractivity contribution in [1.29, 1.82) is 0 Å². The molecule has 0 saturated heterocycles. The zero-order valence-electron chi connectivity index (χ0n) is 13.6. The number of halogens is 4. The number of aromatic nitrogens is 2. The Morgan fingerprint density at radius 1 is 0.926 bits per heavy atom. The normalized spacial score (nSPS) is 10.5. The molecule has 9 heteroatoms. The molecule has 1 amide bonds. The van der Waals surface area contributed by atoms with E-state index in [-0.39, 0.29) is 29.6 Å². The van der Waals surface area contributed by atoms with E-state index in [0.717, 1.165) is 18.5 Å². The lowest BCUT2D eigenvalue weighted by atomic mass is 10.2. The molecule has 2 aromatic carbocycles. The maximum absolute atomic E-state index is 13.7. The van der Waals surface area contributed by atoms with Crippen LogP contribution in [0.5, 0.6) is 0 Å². The highest BCUT2D eigenvalue weighted by atomic mass is 19.2. The Labute approximate surface area is 151 Å². The summed E-state index contributed by atoms with van der Waals surface area (Å²) in [6.45, 7) is 0.143. The molecule has 0 unspecified atom stereocenters. The average molecular weight is 376 g/mol. The van der Waals surface area contributed by atoms with Crippen molar-refractivity contribution >= 4 is 17.4 Å². The molecule has 0 saturated carbocycles. The highest BCUT2D eigenvalue weighted by Crippen LogP contribution is 2.22. The Kier molecular flexibility index (Phi) is 5.30. The highest BCUT2D eigenvalue weighted by molar-refractivity contribution is 5.92. The second kappa shape index (κ2) is 7.81. The van der Waals surface area contributed by atoms with Crippen molar-refractivity contribution in [2.75, 3.05) is 5.32 Å². The van der Waals surface area contributed by atoms with E-state index in [1.807, 2.05) is 0 Å². The molecule has 3 aromatic rings. The molecule has 0 radical (unpaired) electrons.